The van der Waals surface area contributed by atoms with Crippen molar-refractivity contribution in [2.75, 3.05) is 19.7 Å². The van der Waals surface area contributed by atoms with Crippen molar-refractivity contribution in [3.05, 3.63) is 65.7 Å². The summed E-state index contributed by atoms with van der Waals surface area (Å²) in [5.41, 5.74) is 2.23. The molecule has 0 bridgehead atoms. The molecule has 0 spiro atoms. The lowest BCUT2D eigenvalue weighted by Gasteiger charge is -2.18. The molecular formula is C18H19NO2. The van der Waals surface area contributed by atoms with Gasteiger partial charge < -0.3 is 4.74 Å². The van der Waals surface area contributed by atoms with Gasteiger partial charge in [0.05, 0.1) is 6.54 Å². The summed E-state index contributed by atoms with van der Waals surface area (Å²) in [6, 6.07) is 18.0. The molecule has 1 aliphatic heterocycles. The summed E-state index contributed by atoms with van der Waals surface area (Å²) in [5.74, 6) is 1.19. The number of carbonyl (C=O) groups is 1. The summed E-state index contributed by atoms with van der Waals surface area (Å²) in [5, 5.41) is 0. The van der Waals surface area contributed by atoms with Crippen LogP contribution in [-0.2, 0) is 17.8 Å². The van der Waals surface area contributed by atoms with E-state index in [0.717, 1.165) is 30.0 Å². The Kier molecular flexibility index (Phi) is 4.31. The van der Waals surface area contributed by atoms with Crippen LogP contribution in [0.3, 0.4) is 0 Å². The first-order valence-electron chi connectivity index (χ1n) is 7.30. The van der Waals surface area contributed by atoms with Crippen LogP contribution >= 0.6 is 0 Å². The van der Waals surface area contributed by atoms with E-state index >= 15 is 0 Å². The van der Waals surface area contributed by atoms with Gasteiger partial charge in [0, 0.05) is 25.1 Å². The number of Topliss-reactive ketones (excluding diaryl/α,β-unsaturated/α-hetero) is 1. The van der Waals surface area contributed by atoms with Crippen molar-refractivity contribution in [3.8, 4) is 5.75 Å². The van der Waals surface area contributed by atoms with Crippen molar-refractivity contribution in [1.82, 2.24) is 4.90 Å². The molecule has 0 radical (unpaired) electrons. The number of benzene rings is 2. The molecule has 2 aromatic rings. The van der Waals surface area contributed by atoms with Gasteiger partial charge in [-0.05, 0) is 11.6 Å². The molecule has 0 amide bonds. The van der Waals surface area contributed by atoms with Gasteiger partial charge >= 0.3 is 0 Å². The zero-order valence-electron chi connectivity index (χ0n) is 12.0. The monoisotopic (exact) mass is 281 g/mol. The van der Waals surface area contributed by atoms with Crippen LogP contribution in [0.15, 0.2) is 54.6 Å². The summed E-state index contributed by atoms with van der Waals surface area (Å²) in [6.07, 6.45) is 0.500. The number of ketones is 1. The Morgan fingerprint density at radius 3 is 2.67 bits per heavy atom. The molecule has 0 saturated heterocycles. The van der Waals surface area contributed by atoms with Crippen LogP contribution in [-0.4, -0.2) is 30.4 Å². The molecule has 0 N–H and O–H groups in total. The molecule has 0 unspecified atom stereocenters. The van der Waals surface area contributed by atoms with Crippen molar-refractivity contribution in [3.63, 3.8) is 0 Å². The zero-order chi connectivity index (χ0) is 14.5. The van der Waals surface area contributed by atoms with Crippen molar-refractivity contribution >= 4 is 5.78 Å². The maximum Gasteiger partial charge on any atom is 0.151 e. The van der Waals surface area contributed by atoms with Crippen LogP contribution in [0.1, 0.15) is 11.1 Å². The van der Waals surface area contributed by atoms with Gasteiger partial charge in [-0.2, -0.15) is 0 Å². The second-order valence-electron chi connectivity index (χ2n) is 5.37. The molecular weight excluding hydrogens is 262 g/mol. The number of rotatable bonds is 4. The summed E-state index contributed by atoms with van der Waals surface area (Å²) in [6.45, 7) is 2.67. The highest BCUT2D eigenvalue weighted by Crippen LogP contribution is 2.22. The fourth-order valence-corrected chi connectivity index (χ4v) is 2.64. The highest BCUT2D eigenvalue weighted by atomic mass is 16.5. The van der Waals surface area contributed by atoms with E-state index in [2.05, 4.69) is 11.0 Å². The number of hydrogen-bond acceptors (Lipinski definition) is 3. The lowest BCUT2D eigenvalue weighted by Crippen LogP contribution is -2.32. The average molecular weight is 281 g/mol. The number of nitrogens with zero attached hydrogens (tertiary/aromatic N) is 1. The minimum absolute atomic E-state index is 0.251. The molecule has 0 saturated carbocycles. The first-order valence-corrected chi connectivity index (χ1v) is 7.30. The predicted molar refractivity (Wildman–Crippen MR) is 82.4 cm³/mol. The summed E-state index contributed by atoms with van der Waals surface area (Å²) in [7, 11) is 0. The second-order valence-corrected chi connectivity index (χ2v) is 5.37. The third-order valence-corrected chi connectivity index (χ3v) is 3.68. The van der Waals surface area contributed by atoms with E-state index in [0.29, 0.717) is 19.6 Å². The lowest BCUT2D eigenvalue weighted by atomic mass is 10.1. The van der Waals surface area contributed by atoms with Gasteiger partial charge in [0.25, 0.3) is 0 Å². The Balaban J connectivity index is 1.61. The van der Waals surface area contributed by atoms with Crippen molar-refractivity contribution in [2.24, 2.45) is 0 Å². The van der Waals surface area contributed by atoms with E-state index in [1.807, 2.05) is 48.5 Å². The molecule has 21 heavy (non-hydrogen) atoms. The molecule has 108 valence electrons. The Morgan fingerprint density at radius 2 is 1.81 bits per heavy atom. The number of para-hydroxylation sites is 1. The SMILES string of the molecule is O=C(Cc1ccccc1)CN1CCOc2ccccc2C1. The van der Waals surface area contributed by atoms with E-state index in [1.54, 1.807) is 0 Å². The summed E-state index contributed by atoms with van der Waals surface area (Å²) in [4.78, 5) is 14.4. The van der Waals surface area contributed by atoms with E-state index in [1.165, 1.54) is 0 Å². The second kappa shape index (κ2) is 6.55. The predicted octanol–water partition coefficient (Wildman–Crippen LogP) is 2.69. The maximum atomic E-state index is 12.2. The maximum absolute atomic E-state index is 12.2. The van der Waals surface area contributed by atoms with Crippen molar-refractivity contribution in [1.29, 1.82) is 0 Å². The van der Waals surface area contributed by atoms with E-state index < -0.39 is 0 Å². The Hall–Kier alpha value is -2.13. The standard InChI is InChI=1S/C18H19NO2/c20-17(12-15-6-2-1-3-7-15)14-19-10-11-21-18-9-5-4-8-16(18)13-19/h1-9H,10-14H2. The summed E-state index contributed by atoms with van der Waals surface area (Å²) < 4.78 is 5.73. The molecule has 3 rings (SSSR count). The molecule has 0 fully saturated rings. The Labute approximate surface area is 125 Å². The Bertz CT molecular complexity index is 610. The van der Waals surface area contributed by atoms with Gasteiger partial charge in [0.15, 0.2) is 5.78 Å². The third-order valence-electron chi connectivity index (χ3n) is 3.68. The zero-order valence-corrected chi connectivity index (χ0v) is 12.0. The molecule has 2 aromatic carbocycles. The van der Waals surface area contributed by atoms with E-state index in [-0.39, 0.29) is 5.78 Å². The highest BCUT2D eigenvalue weighted by molar-refractivity contribution is 5.82. The number of carbonyl (C=O) groups excluding carboxylic acids is 1. The molecule has 3 heteroatoms. The van der Waals surface area contributed by atoms with Crippen LogP contribution in [0.5, 0.6) is 5.75 Å². The topological polar surface area (TPSA) is 29.5 Å². The first kappa shape index (κ1) is 13.8. The van der Waals surface area contributed by atoms with Crippen LogP contribution in [0.2, 0.25) is 0 Å². The first-order chi connectivity index (χ1) is 10.3. The largest absolute Gasteiger partial charge is 0.492 e. The highest BCUT2D eigenvalue weighted by Gasteiger charge is 2.17. The van der Waals surface area contributed by atoms with E-state index in [9.17, 15) is 4.79 Å². The minimum Gasteiger partial charge on any atom is -0.492 e. The van der Waals surface area contributed by atoms with Crippen LogP contribution in [0, 0.1) is 0 Å². The van der Waals surface area contributed by atoms with E-state index in [4.69, 9.17) is 4.74 Å². The van der Waals surface area contributed by atoms with Crippen LogP contribution in [0.4, 0.5) is 0 Å². The fourth-order valence-electron chi connectivity index (χ4n) is 2.64. The summed E-state index contributed by atoms with van der Waals surface area (Å²) >= 11 is 0. The smallest absolute Gasteiger partial charge is 0.151 e. The molecule has 0 atom stereocenters. The van der Waals surface area contributed by atoms with Crippen LogP contribution < -0.4 is 4.74 Å². The van der Waals surface area contributed by atoms with Crippen molar-refractivity contribution < 1.29 is 9.53 Å². The van der Waals surface area contributed by atoms with Gasteiger partial charge in [0.1, 0.15) is 12.4 Å². The van der Waals surface area contributed by atoms with Gasteiger partial charge in [0.2, 0.25) is 0 Å². The Morgan fingerprint density at radius 1 is 1.05 bits per heavy atom. The van der Waals surface area contributed by atoms with Gasteiger partial charge in [-0.3, -0.25) is 9.69 Å². The number of fused-ring (bicyclic) bond motifs is 1. The minimum atomic E-state index is 0.251. The fraction of sp³-hybridized carbons (Fsp3) is 0.278. The molecule has 3 nitrogen and oxygen atoms in total. The number of ether oxygens (including phenoxy) is 1. The quantitative estimate of drug-likeness (QED) is 0.863. The average Bonchev–Trinajstić information content (AvgIpc) is 2.69. The number of hydrogen-bond donors (Lipinski definition) is 0. The van der Waals surface area contributed by atoms with Gasteiger partial charge in [-0.15, -0.1) is 0 Å². The molecule has 0 aromatic heterocycles. The molecule has 1 heterocycles. The third kappa shape index (κ3) is 3.70. The normalized spacial score (nSPS) is 14.9. The molecule has 1 aliphatic rings. The van der Waals surface area contributed by atoms with Crippen LogP contribution in [0.25, 0.3) is 0 Å². The van der Waals surface area contributed by atoms with Gasteiger partial charge in [-0.1, -0.05) is 48.5 Å². The lowest BCUT2D eigenvalue weighted by molar-refractivity contribution is -0.119. The van der Waals surface area contributed by atoms with Crippen molar-refractivity contribution in [2.45, 2.75) is 13.0 Å². The van der Waals surface area contributed by atoms with Gasteiger partial charge in [-0.25, -0.2) is 0 Å². The molecule has 0 aliphatic carbocycles.